The number of carbonyl (C=O) groups excluding carboxylic acids is 2. The van der Waals surface area contributed by atoms with Crippen molar-refractivity contribution < 1.29 is 27.5 Å². The number of carbonyl (C=O) groups is 2. The Labute approximate surface area is 244 Å². The lowest BCUT2D eigenvalue weighted by Gasteiger charge is -2.32. The summed E-state index contributed by atoms with van der Waals surface area (Å²) < 4.78 is 40.8. The molecule has 3 aromatic carbocycles. The van der Waals surface area contributed by atoms with Crippen molar-refractivity contribution in [1.82, 2.24) is 10.2 Å². The van der Waals surface area contributed by atoms with E-state index in [-0.39, 0.29) is 28.8 Å². The van der Waals surface area contributed by atoms with E-state index in [1.54, 1.807) is 38.1 Å². The summed E-state index contributed by atoms with van der Waals surface area (Å²) in [6.45, 7) is 5.14. The Kier molecular flexibility index (Phi) is 10.6. The molecule has 0 spiro atoms. The van der Waals surface area contributed by atoms with E-state index in [0.29, 0.717) is 12.3 Å². The first-order chi connectivity index (χ1) is 19.0. The summed E-state index contributed by atoms with van der Waals surface area (Å²) in [5.74, 6) is -0.300. The van der Waals surface area contributed by atoms with Crippen molar-refractivity contribution >= 4 is 43.5 Å². The number of sulfonamides is 1. The number of hydrogen-bond donors (Lipinski definition) is 1. The number of nitrogens with one attached hydrogen (secondary N) is 1. The molecule has 214 valence electrons. The molecule has 0 aliphatic heterocycles. The molecule has 0 aliphatic carbocycles. The van der Waals surface area contributed by atoms with Gasteiger partial charge < -0.3 is 19.7 Å². The molecule has 1 N–H and O–H groups in total. The predicted octanol–water partition coefficient (Wildman–Crippen LogP) is 4.52. The minimum Gasteiger partial charge on any atom is -0.497 e. The van der Waals surface area contributed by atoms with Crippen LogP contribution >= 0.6 is 15.9 Å². The Morgan fingerprint density at radius 3 is 2.30 bits per heavy atom. The third-order valence-corrected chi connectivity index (χ3v) is 8.57. The van der Waals surface area contributed by atoms with Gasteiger partial charge in [0.15, 0.2) is 0 Å². The predicted molar refractivity (Wildman–Crippen MR) is 158 cm³/mol. The second-order valence-corrected chi connectivity index (χ2v) is 11.9. The van der Waals surface area contributed by atoms with E-state index in [0.717, 1.165) is 19.9 Å². The molecule has 0 fully saturated rings. The zero-order valence-corrected chi connectivity index (χ0v) is 25.6. The first-order valence-electron chi connectivity index (χ1n) is 12.6. The Morgan fingerprint density at radius 1 is 1.00 bits per heavy atom. The summed E-state index contributed by atoms with van der Waals surface area (Å²) in [6, 6.07) is 17.6. The first-order valence-corrected chi connectivity index (χ1v) is 14.9. The largest absolute Gasteiger partial charge is 0.497 e. The maximum atomic E-state index is 14.1. The molecule has 0 saturated heterocycles. The molecule has 0 radical (unpaired) electrons. The topological polar surface area (TPSA) is 105 Å². The maximum absolute atomic E-state index is 14.1. The molecule has 0 unspecified atom stereocenters. The first kappa shape index (κ1) is 31.0. The molecule has 3 rings (SSSR count). The third kappa shape index (κ3) is 7.33. The van der Waals surface area contributed by atoms with Crippen LogP contribution in [0.5, 0.6) is 11.5 Å². The fourth-order valence-electron chi connectivity index (χ4n) is 4.08. The van der Waals surface area contributed by atoms with Gasteiger partial charge in [-0.25, -0.2) is 8.42 Å². The van der Waals surface area contributed by atoms with Crippen molar-refractivity contribution in [2.24, 2.45) is 0 Å². The Hall–Kier alpha value is -3.57. The molecule has 0 bridgehead atoms. The Balaban J connectivity index is 2.12. The molecule has 3 aromatic rings. The fourth-order valence-corrected chi connectivity index (χ4v) is 5.94. The van der Waals surface area contributed by atoms with Crippen LogP contribution in [0.4, 0.5) is 5.69 Å². The van der Waals surface area contributed by atoms with Crippen molar-refractivity contribution in [3.63, 3.8) is 0 Å². The van der Waals surface area contributed by atoms with Gasteiger partial charge in [-0.15, -0.1) is 0 Å². The highest BCUT2D eigenvalue weighted by molar-refractivity contribution is 9.10. The van der Waals surface area contributed by atoms with Crippen LogP contribution in [0.25, 0.3) is 0 Å². The van der Waals surface area contributed by atoms with Crippen LogP contribution in [0.15, 0.2) is 76.1 Å². The number of rotatable bonds is 12. The highest BCUT2D eigenvalue weighted by Crippen LogP contribution is 2.36. The molecule has 0 heterocycles. The number of likely N-dealkylation sites (N-methyl/N-ethyl adjacent to an activating group) is 1. The molecular formula is C29H34BrN3O6S. The summed E-state index contributed by atoms with van der Waals surface area (Å²) in [5.41, 5.74) is 1.78. The van der Waals surface area contributed by atoms with Gasteiger partial charge in [-0.05, 0) is 62.7 Å². The zero-order valence-electron chi connectivity index (χ0n) is 23.2. The second-order valence-electron chi connectivity index (χ2n) is 9.08. The van der Waals surface area contributed by atoms with E-state index in [1.165, 1.54) is 37.3 Å². The monoisotopic (exact) mass is 631 g/mol. The molecule has 0 saturated carbocycles. The van der Waals surface area contributed by atoms with Crippen LogP contribution in [0.2, 0.25) is 0 Å². The van der Waals surface area contributed by atoms with E-state index in [9.17, 15) is 18.0 Å². The molecule has 9 nitrogen and oxygen atoms in total. The fraction of sp³-hybridized carbons (Fsp3) is 0.310. The maximum Gasteiger partial charge on any atom is 0.264 e. The minimum atomic E-state index is -4.25. The number of amides is 2. The van der Waals surface area contributed by atoms with Crippen LogP contribution < -0.4 is 19.1 Å². The SMILES string of the molecule is CCNC(=O)[C@H](C)N(Cc1cccc(Br)c1)C(=O)CN(c1cc(OC)ccc1OC)S(=O)(=O)c1ccc(C)cc1. The van der Waals surface area contributed by atoms with Crippen LogP contribution in [0.3, 0.4) is 0 Å². The van der Waals surface area contributed by atoms with Gasteiger partial charge in [0.2, 0.25) is 11.8 Å². The Bertz CT molecular complexity index is 1450. The lowest BCUT2D eigenvalue weighted by atomic mass is 10.1. The summed E-state index contributed by atoms with van der Waals surface area (Å²) in [7, 11) is -1.37. The van der Waals surface area contributed by atoms with E-state index in [4.69, 9.17) is 9.47 Å². The molecule has 0 aliphatic rings. The van der Waals surface area contributed by atoms with Gasteiger partial charge in [0.1, 0.15) is 24.1 Å². The number of anilines is 1. The molecule has 40 heavy (non-hydrogen) atoms. The van der Waals surface area contributed by atoms with E-state index >= 15 is 0 Å². The van der Waals surface area contributed by atoms with Gasteiger partial charge in [0, 0.05) is 23.6 Å². The quantitative estimate of drug-likeness (QED) is 0.315. The van der Waals surface area contributed by atoms with Crippen molar-refractivity contribution in [3.05, 3.63) is 82.3 Å². The van der Waals surface area contributed by atoms with Gasteiger partial charge in [0.05, 0.1) is 24.8 Å². The average Bonchev–Trinajstić information content (AvgIpc) is 2.94. The van der Waals surface area contributed by atoms with Crippen LogP contribution in [0.1, 0.15) is 25.0 Å². The van der Waals surface area contributed by atoms with Gasteiger partial charge in [-0.1, -0.05) is 45.8 Å². The summed E-state index contributed by atoms with van der Waals surface area (Å²) in [5, 5.41) is 2.75. The smallest absolute Gasteiger partial charge is 0.264 e. The van der Waals surface area contributed by atoms with Crippen molar-refractivity contribution in [3.8, 4) is 11.5 Å². The normalized spacial score (nSPS) is 11.8. The second kappa shape index (κ2) is 13.7. The highest BCUT2D eigenvalue weighted by Gasteiger charge is 2.34. The lowest BCUT2D eigenvalue weighted by Crippen LogP contribution is -2.51. The molecular weight excluding hydrogens is 598 g/mol. The van der Waals surface area contributed by atoms with Crippen LogP contribution in [-0.4, -0.2) is 58.5 Å². The van der Waals surface area contributed by atoms with Gasteiger partial charge in [-0.3, -0.25) is 13.9 Å². The van der Waals surface area contributed by atoms with Gasteiger partial charge in [0.25, 0.3) is 10.0 Å². The van der Waals surface area contributed by atoms with Crippen molar-refractivity contribution in [2.75, 3.05) is 31.6 Å². The molecule has 1 atom stereocenters. The summed E-state index contributed by atoms with van der Waals surface area (Å²) >= 11 is 3.44. The standard InChI is InChI=1S/C29H34BrN3O6S/c1-6-31-29(35)21(3)32(18-22-8-7-9-23(30)16-22)28(34)19-33(26-17-24(38-4)12-15-27(26)39-5)40(36,37)25-13-10-20(2)11-14-25/h7-17,21H,6,18-19H2,1-5H3,(H,31,35)/t21-/m0/s1. The third-order valence-electron chi connectivity index (χ3n) is 6.30. The zero-order chi connectivity index (χ0) is 29.4. The lowest BCUT2D eigenvalue weighted by molar-refractivity contribution is -0.139. The number of ether oxygens (including phenoxy) is 2. The number of aryl methyl sites for hydroxylation is 1. The summed E-state index contributed by atoms with van der Waals surface area (Å²) in [4.78, 5) is 28.2. The number of nitrogens with zero attached hydrogens (tertiary/aromatic N) is 2. The summed E-state index contributed by atoms with van der Waals surface area (Å²) in [6.07, 6.45) is 0. The van der Waals surface area contributed by atoms with Gasteiger partial charge >= 0.3 is 0 Å². The number of methoxy groups -OCH3 is 2. The van der Waals surface area contributed by atoms with Crippen molar-refractivity contribution in [2.45, 2.75) is 38.3 Å². The van der Waals surface area contributed by atoms with Crippen LogP contribution in [-0.2, 0) is 26.2 Å². The minimum absolute atomic E-state index is 0.00564. The number of benzene rings is 3. The van der Waals surface area contributed by atoms with E-state index < -0.39 is 28.5 Å². The average molecular weight is 633 g/mol. The van der Waals surface area contributed by atoms with Crippen LogP contribution in [0, 0.1) is 6.92 Å². The van der Waals surface area contributed by atoms with E-state index in [2.05, 4.69) is 21.2 Å². The van der Waals surface area contributed by atoms with Crippen molar-refractivity contribution in [1.29, 1.82) is 0 Å². The molecule has 2 amide bonds. The number of halogens is 1. The number of hydrogen-bond acceptors (Lipinski definition) is 6. The highest BCUT2D eigenvalue weighted by atomic mass is 79.9. The molecule has 0 aromatic heterocycles. The van der Waals surface area contributed by atoms with Gasteiger partial charge in [-0.2, -0.15) is 0 Å². The Morgan fingerprint density at radius 2 is 1.70 bits per heavy atom. The molecule has 11 heteroatoms. The van der Waals surface area contributed by atoms with E-state index in [1.807, 2.05) is 31.2 Å².